The molecule has 0 radical (unpaired) electrons. The zero-order chi connectivity index (χ0) is 20.1. The van der Waals surface area contributed by atoms with Gasteiger partial charge in [-0.05, 0) is 58.8 Å². The molecule has 0 bridgehead atoms. The number of carbonyl (C=O) groups is 1. The van der Waals surface area contributed by atoms with Crippen molar-refractivity contribution in [2.24, 2.45) is 0 Å². The van der Waals surface area contributed by atoms with Crippen molar-refractivity contribution in [2.45, 2.75) is 18.4 Å². The highest BCUT2D eigenvalue weighted by atomic mass is 32.2. The summed E-state index contributed by atoms with van der Waals surface area (Å²) in [6.07, 6.45) is 0. The lowest BCUT2D eigenvalue weighted by atomic mass is 10.1. The van der Waals surface area contributed by atoms with E-state index in [1.165, 1.54) is 24.3 Å². The molecule has 0 saturated carbocycles. The van der Waals surface area contributed by atoms with E-state index in [1.807, 2.05) is 36.4 Å². The lowest BCUT2D eigenvalue weighted by Gasteiger charge is -2.09. The predicted octanol–water partition coefficient (Wildman–Crippen LogP) is 3.08. The summed E-state index contributed by atoms with van der Waals surface area (Å²) in [6.45, 7) is 2.39. The number of fused-ring (bicyclic) bond motifs is 1. The Morgan fingerprint density at radius 2 is 1.64 bits per heavy atom. The lowest BCUT2D eigenvalue weighted by molar-refractivity contribution is 0.0951. The monoisotopic (exact) mass is 398 g/mol. The fraction of sp³-hybridized carbons (Fsp3) is 0.190. The third-order valence-electron chi connectivity index (χ3n) is 4.33. The van der Waals surface area contributed by atoms with Crippen molar-refractivity contribution in [1.82, 2.24) is 10.0 Å². The molecule has 0 aliphatic carbocycles. The van der Waals surface area contributed by atoms with Gasteiger partial charge >= 0.3 is 0 Å². The Morgan fingerprint density at radius 1 is 0.964 bits per heavy atom. The molecule has 0 spiro atoms. The van der Waals surface area contributed by atoms with Crippen molar-refractivity contribution in [2.75, 3.05) is 13.7 Å². The van der Waals surface area contributed by atoms with Crippen LogP contribution in [0.4, 0.5) is 0 Å². The summed E-state index contributed by atoms with van der Waals surface area (Å²) in [5.41, 5.74) is 1.37. The fourth-order valence-corrected chi connectivity index (χ4v) is 3.89. The molecular weight excluding hydrogens is 376 g/mol. The van der Waals surface area contributed by atoms with E-state index in [1.54, 1.807) is 14.0 Å². The number of sulfonamides is 1. The van der Waals surface area contributed by atoms with E-state index in [2.05, 4.69) is 10.0 Å². The van der Waals surface area contributed by atoms with Gasteiger partial charge in [0, 0.05) is 18.7 Å². The second kappa shape index (κ2) is 8.41. The van der Waals surface area contributed by atoms with Crippen LogP contribution in [0.5, 0.6) is 5.75 Å². The van der Waals surface area contributed by atoms with Gasteiger partial charge in [-0.1, -0.05) is 25.1 Å². The molecule has 3 aromatic carbocycles. The van der Waals surface area contributed by atoms with Crippen LogP contribution in [0.15, 0.2) is 65.6 Å². The summed E-state index contributed by atoms with van der Waals surface area (Å²) >= 11 is 0. The number of ether oxygens (including phenoxy) is 1. The van der Waals surface area contributed by atoms with Gasteiger partial charge in [-0.25, -0.2) is 13.1 Å². The van der Waals surface area contributed by atoms with Gasteiger partial charge in [0.2, 0.25) is 10.0 Å². The molecule has 0 aromatic heterocycles. The number of nitrogens with one attached hydrogen (secondary N) is 2. The molecule has 3 aromatic rings. The van der Waals surface area contributed by atoms with Gasteiger partial charge in [0.05, 0.1) is 12.0 Å². The molecule has 6 nitrogen and oxygen atoms in total. The van der Waals surface area contributed by atoms with Crippen LogP contribution >= 0.6 is 0 Å². The van der Waals surface area contributed by atoms with Gasteiger partial charge in [0.15, 0.2) is 0 Å². The first-order valence-corrected chi connectivity index (χ1v) is 10.4. The third-order valence-corrected chi connectivity index (χ3v) is 5.89. The predicted molar refractivity (Wildman–Crippen MR) is 109 cm³/mol. The number of carbonyl (C=O) groups excluding carboxylic acids is 1. The highest BCUT2D eigenvalue weighted by molar-refractivity contribution is 7.89. The number of benzene rings is 3. The molecule has 0 aliphatic rings. The molecule has 0 atom stereocenters. The third kappa shape index (κ3) is 4.49. The SMILES string of the molecule is CCNS(=O)(=O)c1ccc(C(=O)NCc2ccc3cc(OC)ccc3c2)cc1. The molecule has 0 saturated heterocycles. The first-order valence-electron chi connectivity index (χ1n) is 8.87. The van der Waals surface area contributed by atoms with Crippen molar-refractivity contribution in [3.05, 3.63) is 71.8 Å². The zero-order valence-corrected chi connectivity index (χ0v) is 16.5. The molecule has 3 rings (SSSR count). The van der Waals surface area contributed by atoms with Gasteiger partial charge in [-0.3, -0.25) is 4.79 Å². The van der Waals surface area contributed by atoms with Crippen LogP contribution in [0.3, 0.4) is 0 Å². The average molecular weight is 398 g/mol. The largest absolute Gasteiger partial charge is 0.497 e. The van der Waals surface area contributed by atoms with Crippen LogP contribution in [0.2, 0.25) is 0 Å². The normalized spacial score (nSPS) is 11.4. The molecule has 1 amide bonds. The van der Waals surface area contributed by atoms with Gasteiger partial charge in [-0.2, -0.15) is 0 Å². The zero-order valence-electron chi connectivity index (χ0n) is 15.7. The van der Waals surface area contributed by atoms with Gasteiger partial charge in [-0.15, -0.1) is 0 Å². The number of amides is 1. The van der Waals surface area contributed by atoms with Crippen LogP contribution in [0.25, 0.3) is 10.8 Å². The molecule has 146 valence electrons. The highest BCUT2D eigenvalue weighted by Crippen LogP contribution is 2.22. The van der Waals surface area contributed by atoms with E-state index < -0.39 is 10.0 Å². The van der Waals surface area contributed by atoms with E-state index in [0.29, 0.717) is 18.7 Å². The molecule has 2 N–H and O–H groups in total. The summed E-state index contributed by atoms with van der Waals surface area (Å²) in [5.74, 6) is 0.537. The molecular formula is C21H22N2O4S. The molecule has 7 heteroatoms. The van der Waals surface area contributed by atoms with Crippen molar-refractivity contribution in [3.63, 3.8) is 0 Å². The standard InChI is InChI=1S/C21H22N2O4S/c1-3-23-28(25,26)20-10-7-16(8-11-20)21(24)22-14-15-4-5-18-13-19(27-2)9-6-17(18)12-15/h4-13,23H,3,14H2,1-2H3,(H,22,24). The first-order chi connectivity index (χ1) is 13.4. The number of hydrogen-bond donors (Lipinski definition) is 2. The van der Waals surface area contributed by atoms with Crippen molar-refractivity contribution in [3.8, 4) is 5.75 Å². The molecule has 0 aliphatic heterocycles. The maximum absolute atomic E-state index is 12.4. The summed E-state index contributed by atoms with van der Waals surface area (Å²) < 4.78 is 31.5. The maximum atomic E-state index is 12.4. The average Bonchev–Trinajstić information content (AvgIpc) is 2.71. The summed E-state index contributed by atoms with van der Waals surface area (Å²) in [7, 11) is -1.89. The summed E-state index contributed by atoms with van der Waals surface area (Å²) in [4.78, 5) is 12.5. The fourth-order valence-electron chi connectivity index (χ4n) is 2.85. The highest BCUT2D eigenvalue weighted by Gasteiger charge is 2.13. The Kier molecular flexibility index (Phi) is 5.96. The second-order valence-corrected chi connectivity index (χ2v) is 8.02. The van der Waals surface area contributed by atoms with Gasteiger partial charge < -0.3 is 10.1 Å². The van der Waals surface area contributed by atoms with Gasteiger partial charge in [0.25, 0.3) is 5.91 Å². The van der Waals surface area contributed by atoms with Crippen molar-refractivity contribution < 1.29 is 17.9 Å². The topological polar surface area (TPSA) is 84.5 Å². The second-order valence-electron chi connectivity index (χ2n) is 6.26. The van der Waals surface area contributed by atoms with Crippen LogP contribution in [0, 0.1) is 0 Å². The van der Waals surface area contributed by atoms with Crippen molar-refractivity contribution in [1.29, 1.82) is 0 Å². The first kappa shape index (κ1) is 19.9. The van der Waals surface area contributed by atoms with Crippen LogP contribution in [-0.2, 0) is 16.6 Å². The van der Waals surface area contributed by atoms with Crippen LogP contribution < -0.4 is 14.8 Å². The van der Waals surface area contributed by atoms with Crippen LogP contribution in [-0.4, -0.2) is 28.0 Å². The Morgan fingerprint density at radius 3 is 2.32 bits per heavy atom. The van der Waals surface area contributed by atoms with Crippen molar-refractivity contribution >= 4 is 26.7 Å². The Balaban J connectivity index is 1.67. The molecule has 28 heavy (non-hydrogen) atoms. The Hall–Kier alpha value is -2.90. The minimum Gasteiger partial charge on any atom is -0.497 e. The van der Waals surface area contributed by atoms with E-state index in [9.17, 15) is 13.2 Å². The number of rotatable bonds is 7. The number of methoxy groups -OCH3 is 1. The van der Waals surface area contributed by atoms with E-state index in [4.69, 9.17) is 4.74 Å². The summed E-state index contributed by atoms with van der Waals surface area (Å²) in [6, 6.07) is 17.7. The summed E-state index contributed by atoms with van der Waals surface area (Å²) in [5, 5.41) is 4.98. The quantitative estimate of drug-likeness (QED) is 0.641. The van der Waals surface area contributed by atoms with Crippen LogP contribution in [0.1, 0.15) is 22.8 Å². The maximum Gasteiger partial charge on any atom is 0.251 e. The molecule has 0 heterocycles. The minimum atomic E-state index is -3.52. The molecule has 0 unspecified atom stereocenters. The Bertz CT molecular complexity index is 1090. The Labute approximate surface area is 164 Å². The lowest BCUT2D eigenvalue weighted by Crippen LogP contribution is -2.24. The minimum absolute atomic E-state index is 0.135. The van der Waals surface area contributed by atoms with E-state index in [-0.39, 0.29) is 10.8 Å². The van der Waals surface area contributed by atoms with E-state index >= 15 is 0 Å². The smallest absolute Gasteiger partial charge is 0.251 e. The van der Waals surface area contributed by atoms with E-state index in [0.717, 1.165) is 22.1 Å². The molecule has 0 fully saturated rings. The number of hydrogen-bond acceptors (Lipinski definition) is 4. The van der Waals surface area contributed by atoms with Gasteiger partial charge in [0.1, 0.15) is 5.75 Å².